The van der Waals surface area contributed by atoms with E-state index in [4.69, 9.17) is 15.2 Å². The largest absolute Gasteiger partial charge is 0.464 e. The van der Waals surface area contributed by atoms with E-state index in [1.165, 1.54) is 38.5 Å². The van der Waals surface area contributed by atoms with Crippen molar-refractivity contribution in [2.45, 2.75) is 90.0 Å². The van der Waals surface area contributed by atoms with Crippen LogP contribution in [0.15, 0.2) is 66.8 Å². The Bertz CT molecular complexity index is 682. The predicted octanol–water partition coefficient (Wildman–Crippen LogP) is 7.10. The van der Waals surface area contributed by atoms with Gasteiger partial charge in [0.1, 0.15) is 6.04 Å². The molecule has 0 amide bonds. The fourth-order valence-corrected chi connectivity index (χ4v) is 3.43. The third-order valence-electron chi connectivity index (χ3n) is 5.46. The van der Waals surface area contributed by atoms with E-state index in [-0.39, 0.29) is 5.97 Å². The maximum atomic E-state index is 11.9. The van der Waals surface area contributed by atoms with E-state index in [0.717, 1.165) is 37.9 Å². The Kier molecular flexibility index (Phi) is 19.9. The highest BCUT2D eigenvalue weighted by Gasteiger charge is 2.15. The van der Waals surface area contributed by atoms with Gasteiger partial charge in [-0.05, 0) is 56.9 Å². The molecule has 190 valence electrons. The van der Waals surface area contributed by atoms with Gasteiger partial charge in [0.2, 0.25) is 0 Å². The van der Waals surface area contributed by atoms with E-state index in [9.17, 15) is 4.79 Å². The molecule has 1 unspecified atom stereocenters. The summed E-state index contributed by atoms with van der Waals surface area (Å²) < 4.78 is 10.9. The Morgan fingerprint density at radius 1 is 0.794 bits per heavy atom. The summed E-state index contributed by atoms with van der Waals surface area (Å²) in [4.78, 5) is 11.9. The molecule has 0 saturated heterocycles. The molecule has 1 aromatic carbocycles. The zero-order valence-electron chi connectivity index (χ0n) is 21.3. The van der Waals surface area contributed by atoms with Gasteiger partial charge < -0.3 is 15.2 Å². The van der Waals surface area contributed by atoms with Gasteiger partial charge in [-0.25, -0.2) is 0 Å². The molecule has 0 spiro atoms. The lowest BCUT2D eigenvalue weighted by Crippen LogP contribution is -2.34. The first kappa shape index (κ1) is 29.9. The number of benzene rings is 1. The van der Waals surface area contributed by atoms with E-state index in [0.29, 0.717) is 26.1 Å². The summed E-state index contributed by atoms with van der Waals surface area (Å²) in [6.45, 7) is 3.98. The number of rotatable bonds is 21. The summed E-state index contributed by atoms with van der Waals surface area (Å²) in [6.07, 6.45) is 26.6. The van der Waals surface area contributed by atoms with Crippen LogP contribution in [0.25, 0.3) is 0 Å². The van der Waals surface area contributed by atoms with Gasteiger partial charge in [0, 0.05) is 19.6 Å². The fraction of sp³-hybridized carbons (Fsp3) is 0.567. The Morgan fingerprint density at radius 2 is 1.41 bits per heavy atom. The second-order valence-electron chi connectivity index (χ2n) is 8.66. The van der Waals surface area contributed by atoms with Crippen LogP contribution < -0.4 is 5.73 Å². The summed E-state index contributed by atoms with van der Waals surface area (Å²) in [6, 6.07) is 9.14. The smallest absolute Gasteiger partial charge is 0.323 e. The zero-order valence-corrected chi connectivity index (χ0v) is 21.3. The average Bonchev–Trinajstić information content (AvgIpc) is 2.85. The van der Waals surface area contributed by atoms with Gasteiger partial charge in [-0.2, -0.15) is 0 Å². The van der Waals surface area contributed by atoms with Crippen molar-refractivity contribution in [1.82, 2.24) is 0 Å². The third kappa shape index (κ3) is 18.3. The van der Waals surface area contributed by atoms with Crippen LogP contribution in [0, 0.1) is 0 Å². The van der Waals surface area contributed by atoms with Gasteiger partial charge in [-0.3, -0.25) is 4.79 Å². The number of ether oxygens (including phenoxy) is 2. The molecule has 1 atom stereocenters. The average molecular weight is 470 g/mol. The van der Waals surface area contributed by atoms with E-state index in [2.05, 4.69) is 43.4 Å². The van der Waals surface area contributed by atoms with Crippen molar-refractivity contribution < 1.29 is 14.3 Å². The minimum Gasteiger partial charge on any atom is -0.464 e. The lowest BCUT2D eigenvalue weighted by Gasteiger charge is -2.11. The molecule has 0 aliphatic heterocycles. The van der Waals surface area contributed by atoms with Gasteiger partial charge >= 0.3 is 5.97 Å². The van der Waals surface area contributed by atoms with Crippen LogP contribution in [0.3, 0.4) is 0 Å². The van der Waals surface area contributed by atoms with Gasteiger partial charge in [0.25, 0.3) is 0 Å². The minimum absolute atomic E-state index is 0.345. The molecular formula is C30H47NO3. The van der Waals surface area contributed by atoms with E-state index in [1.54, 1.807) is 0 Å². The molecule has 2 N–H and O–H groups in total. The van der Waals surface area contributed by atoms with E-state index >= 15 is 0 Å². The van der Waals surface area contributed by atoms with Crippen molar-refractivity contribution in [2.24, 2.45) is 5.73 Å². The summed E-state index contributed by atoms with van der Waals surface area (Å²) in [5.41, 5.74) is 6.96. The molecular weight excluding hydrogens is 422 g/mol. The number of allylic oxidation sites excluding steroid dienone is 6. The molecule has 1 rings (SSSR count). The first-order chi connectivity index (χ1) is 16.7. The van der Waals surface area contributed by atoms with Gasteiger partial charge in [0.15, 0.2) is 0 Å². The standard InChI is InChI=1S/C30H47NO3/c1-2-3-4-5-6-7-8-9-10-11-12-13-14-15-16-20-24-33-25-21-26-34-30(32)29(31)27-28-22-18-17-19-23-28/h6-7,9-10,12-13,17-19,22-23,29H,2-5,8,11,14-16,20-21,24-27,31H2,1H3. The number of hydrogen-bond acceptors (Lipinski definition) is 4. The number of esters is 1. The normalized spacial score (nSPS) is 12.8. The SMILES string of the molecule is CCCCCC=CCC=CCC=CCCCCCOCCCOC(=O)C(N)Cc1ccccc1. The van der Waals surface area contributed by atoms with Crippen molar-refractivity contribution in [2.75, 3.05) is 19.8 Å². The van der Waals surface area contributed by atoms with Crippen LogP contribution >= 0.6 is 0 Å². The molecule has 34 heavy (non-hydrogen) atoms. The van der Waals surface area contributed by atoms with Crippen molar-refractivity contribution in [1.29, 1.82) is 0 Å². The molecule has 0 heterocycles. The lowest BCUT2D eigenvalue weighted by atomic mass is 10.1. The van der Waals surface area contributed by atoms with E-state index < -0.39 is 6.04 Å². The summed E-state index contributed by atoms with van der Waals surface area (Å²) in [5.74, 6) is -0.345. The summed E-state index contributed by atoms with van der Waals surface area (Å²) in [7, 11) is 0. The molecule has 0 saturated carbocycles. The van der Waals surface area contributed by atoms with Crippen molar-refractivity contribution in [3.63, 3.8) is 0 Å². The van der Waals surface area contributed by atoms with E-state index in [1.807, 2.05) is 30.3 Å². The lowest BCUT2D eigenvalue weighted by molar-refractivity contribution is -0.145. The molecule has 4 nitrogen and oxygen atoms in total. The number of carbonyl (C=O) groups is 1. The number of carbonyl (C=O) groups excluding carboxylic acids is 1. The van der Waals surface area contributed by atoms with Crippen LogP contribution in [0.2, 0.25) is 0 Å². The fourth-order valence-electron chi connectivity index (χ4n) is 3.43. The second kappa shape index (κ2) is 22.6. The third-order valence-corrected chi connectivity index (χ3v) is 5.46. The molecule has 0 aliphatic carbocycles. The maximum absolute atomic E-state index is 11.9. The topological polar surface area (TPSA) is 61.5 Å². The van der Waals surface area contributed by atoms with Crippen LogP contribution in [0.4, 0.5) is 0 Å². The van der Waals surface area contributed by atoms with Crippen LogP contribution in [0.5, 0.6) is 0 Å². The molecule has 0 fully saturated rings. The Labute approximate surface area is 208 Å². The maximum Gasteiger partial charge on any atom is 0.323 e. The number of unbranched alkanes of at least 4 members (excludes halogenated alkanes) is 6. The summed E-state index contributed by atoms with van der Waals surface area (Å²) in [5, 5.41) is 0. The molecule has 4 heteroatoms. The van der Waals surface area contributed by atoms with Crippen LogP contribution in [-0.2, 0) is 20.7 Å². The molecule has 0 aliphatic rings. The second-order valence-corrected chi connectivity index (χ2v) is 8.66. The van der Waals surface area contributed by atoms with Gasteiger partial charge in [-0.15, -0.1) is 0 Å². The Hall–Kier alpha value is -2.17. The Balaban J connectivity index is 1.85. The highest BCUT2D eigenvalue weighted by molar-refractivity contribution is 5.75. The molecule has 0 bridgehead atoms. The molecule has 0 aromatic heterocycles. The van der Waals surface area contributed by atoms with Crippen molar-refractivity contribution in [3.8, 4) is 0 Å². The van der Waals surface area contributed by atoms with Crippen molar-refractivity contribution in [3.05, 3.63) is 72.4 Å². The summed E-state index contributed by atoms with van der Waals surface area (Å²) >= 11 is 0. The Morgan fingerprint density at radius 3 is 2.09 bits per heavy atom. The molecule has 1 aromatic rings. The predicted molar refractivity (Wildman–Crippen MR) is 144 cm³/mol. The quantitative estimate of drug-likeness (QED) is 0.118. The first-order valence-corrected chi connectivity index (χ1v) is 13.2. The molecule has 0 radical (unpaired) electrons. The highest BCUT2D eigenvalue weighted by atomic mass is 16.5. The van der Waals surface area contributed by atoms with Gasteiger partial charge in [0.05, 0.1) is 6.61 Å². The number of nitrogens with two attached hydrogens (primary N) is 1. The first-order valence-electron chi connectivity index (χ1n) is 13.2. The van der Waals surface area contributed by atoms with Crippen molar-refractivity contribution >= 4 is 5.97 Å². The van der Waals surface area contributed by atoms with Crippen LogP contribution in [-0.4, -0.2) is 31.8 Å². The van der Waals surface area contributed by atoms with Gasteiger partial charge in [-0.1, -0.05) is 93.0 Å². The highest BCUT2D eigenvalue weighted by Crippen LogP contribution is 2.05. The zero-order chi connectivity index (χ0) is 24.5. The minimum atomic E-state index is -0.615. The van der Waals surface area contributed by atoms with Crippen LogP contribution in [0.1, 0.15) is 83.1 Å². The number of hydrogen-bond donors (Lipinski definition) is 1. The monoisotopic (exact) mass is 469 g/mol.